The molecular formula is C25H40F2N2O2. The van der Waals surface area contributed by atoms with E-state index in [0.29, 0.717) is 0 Å². The van der Waals surface area contributed by atoms with Crippen molar-refractivity contribution in [3.63, 3.8) is 0 Å². The summed E-state index contributed by atoms with van der Waals surface area (Å²) in [6.07, 6.45) is 12.5. The number of carbonyl (C=O) groups excluding carboxylic acids is 1. The fraction of sp³-hybridized carbons (Fsp3) is 0.720. The second kappa shape index (κ2) is 13.7. The Morgan fingerprint density at radius 3 is 2.32 bits per heavy atom. The highest BCUT2D eigenvalue weighted by atomic mass is 19.1. The quantitative estimate of drug-likeness (QED) is 0.343. The van der Waals surface area contributed by atoms with Gasteiger partial charge in [-0.05, 0) is 76.7 Å². The fourth-order valence-electron chi connectivity index (χ4n) is 4.43. The van der Waals surface area contributed by atoms with Crippen LogP contribution < -0.4 is 4.74 Å². The van der Waals surface area contributed by atoms with E-state index in [1.54, 1.807) is 11.9 Å². The molecule has 176 valence electrons. The SMILES string of the molecule is CCCCCN(C)CCCCCC1CCC(N(C)C(=O)Oc2ccc(F)cc2F)CC1. The lowest BCUT2D eigenvalue weighted by Gasteiger charge is -2.34. The topological polar surface area (TPSA) is 32.8 Å². The molecule has 0 unspecified atom stereocenters. The molecule has 0 aromatic heterocycles. The number of halogens is 2. The molecule has 6 heteroatoms. The predicted molar refractivity (Wildman–Crippen MR) is 121 cm³/mol. The maximum absolute atomic E-state index is 13.7. The van der Waals surface area contributed by atoms with Gasteiger partial charge in [-0.25, -0.2) is 13.6 Å². The summed E-state index contributed by atoms with van der Waals surface area (Å²) < 4.78 is 31.8. The van der Waals surface area contributed by atoms with E-state index in [2.05, 4.69) is 18.9 Å². The number of ether oxygens (including phenoxy) is 1. The summed E-state index contributed by atoms with van der Waals surface area (Å²) in [5.41, 5.74) is 0. The average Bonchev–Trinajstić information content (AvgIpc) is 2.75. The molecular weight excluding hydrogens is 398 g/mol. The van der Waals surface area contributed by atoms with Crippen molar-refractivity contribution in [2.24, 2.45) is 5.92 Å². The van der Waals surface area contributed by atoms with Crippen molar-refractivity contribution in [2.45, 2.75) is 83.6 Å². The van der Waals surface area contributed by atoms with Crippen LogP contribution in [0.4, 0.5) is 13.6 Å². The smallest absolute Gasteiger partial charge is 0.407 e. The molecule has 1 saturated carbocycles. The van der Waals surface area contributed by atoms with E-state index in [4.69, 9.17) is 4.74 Å². The van der Waals surface area contributed by atoms with Gasteiger partial charge in [0.1, 0.15) is 5.82 Å². The normalized spacial score (nSPS) is 18.9. The Hall–Kier alpha value is -1.69. The molecule has 1 aromatic rings. The zero-order chi connectivity index (χ0) is 22.6. The molecule has 4 nitrogen and oxygen atoms in total. The first-order chi connectivity index (χ1) is 14.9. The monoisotopic (exact) mass is 438 g/mol. The Morgan fingerprint density at radius 2 is 1.68 bits per heavy atom. The van der Waals surface area contributed by atoms with Gasteiger partial charge >= 0.3 is 6.09 Å². The average molecular weight is 439 g/mol. The predicted octanol–water partition coefficient (Wildman–Crippen LogP) is 6.64. The van der Waals surface area contributed by atoms with E-state index in [-0.39, 0.29) is 11.8 Å². The first-order valence-corrected chi connectivity index (χ1v) is 12.0. The molecule has 0 spiro atoms. The lowest BCUT2D eigenvalue weighted by Crippen LogP contribution is -2.41. The Bertz CT molecular complexity index is 663. The van der Waals surface area contributed by atoms with Crippen LogP contribution in [0.2, 0.25) is 0 Å². The summed E-state index contributed by atoms with van der Waals surface area (Å²) in [4.78, 5) is 16.4. The van der Waals surface area contributed by atoms with Gasteiger partial charge < -0.3 is 14.5 Å². The maximum atomic E-state index is 13.7. The van der Waals surface area contributed by atoms with Crippen LogP contribution >= 0.6 is 0 Å². The summed E-state index contributed by atoms with van der Waals surface area (Å²) in [6.45, 7) is 4.64. The van der Waals surface area contributed by atoms with Gasteiger partial charge in [-0.3, -0.25) is 0 Å². The Balaban J connectivity index is 1.60. The van der Waals surface area contributed by atoms with Gasteiger partial charge in [-0.1, -0.05) is 39.0 Å². The van der Waals surface area contributed by atoms with E-state index < -0.39 is 17.7 Å². The third-order valence-corrected chi connectivity index (χ3v) is 6.54. The molecule has 0 radical (unpaired) electrons. The Kier molecular flexibility index (Phi) is 11.3. The van der Waals surface area contributed by atoms with E-state index in [9.17, 15) is 13.6 Å². The van der Waals surface area contributed by atoms with Gasteiger partial charge in [0.05, 0.1) is 0 Å². The van der Waals surface area contributed by atoms with Crippen LogP contribution in [-0.2, 0) is 0 Å². The van der Waals surface area contributed by atoms with Crippen LogP contribution in [0.3, 0.4) is 0 Å². The highest BCUT2D eigenvalue weighted by Gasteiger charge is 2.27. The number of amides is 1. The van der Waals surface area contributed by atoms with Crippen LogP contribution in [0.25, 0.3) is 0 Å². The first-order valence-electron chi connectivity index (χ1n) is 12.0. The van der Waals surface area contributed by atoms with Crippen molar-refractivity contribution in [3.05, 3.63) is 29.8 Å². The molecule has 0 saturated heterocycles. The number of nitrogens with zero attached hydrogens (tertiary/aromatic N) is 2. The van der Waals surface area contributed by atoms with Crippen LogP contribution in [0.5, 0.6) is 5.75 Å². The number of hydrogen-bond acceptors (Lipinski definition) is 3. The van der Waals surface area contributed by atoms with Gasteiger partial charge in [0.2, 0.25) is 0 Å². The zero-order valence-electron chi connectivity index (χ0n) is 19.5. The molecule has 2 rings (SSSR count). The van der Waals surface area contributed by atoms with Crippen molar-refractivity contribution in [3.8, 4) is 5.75 Å². The molecule has 1 fully saturated rings. The van der Waals surface area contributed by atoms with E-state index in [0.717, 1.165) is 49.8 Å². The van der Waals surface area contributed by atoms with Gasteiger partial charge in [0.15, 0.2) is 11.6 Å². The van der Waals surface area contributed by atoms with Crippen molar-refractivity contribution in [2.75, 3.05) is 27.2 Å². The zero-order valence-corrected chi connectivity index (χ0v) is 19.5. The van der Waals surface area contributed by atoms with Crippen LogP contribution in [0.1, 0.15) is 77.6 Å². The number of carbonyl (C=O) groups is 1. The van der Waals surface area contributed by atoms with Gasteiger partial charge in [-0.15, -0.1) is 0 Å². The minimum absolute atomic E-state index is 0.115. The lowest BCUT2D eigenvalue weighted by atomic mass is 9.82. The van der Waals surface area contributed by atoms with E-state index in [1.807, 2.05) is 0 Å². The maximum Gasteiger partial charge on any atom is 0.415 e. The summed E-state index contributed by atoms with van der Waals surface area (Å²) in [5.74, 6) is -1.05. The molecule has 1 aromatic carbocycles. The van der Waals surface area contributed by atoms with Gasteiger partial charge in [0.25, 0.3) is 0 Å². The number of unbranched alkanes of at least 4 members (excludes halogenated alkanes) is 4. The van der Waals surface area contributed by atoms with E-state index in [1.165, 1.54) is 58.0 Å². The number of hydrogen-bond donors (Lipinski definition) is 0. The molecule has 1 aliphatic carbocycles. The second-order valence-corrected chi connectivity index (χ2v) is 9.09. The minimum Gasteiger partial charge on any atom is -0.407 e. The first kappa shape index (κ1) is 25.6. The van der Waals surface area contributed by atoms with Crippen molar-refractivity contribution < 1.29 is 18.3 Å². The Labute approximate surface area is 186 Å². The summed E-state index contributed by atoms with van der Waals surface area (Å²) in [5, 5.41) is 0. The summed E-state index contributed by atoms with van der Waals surface area (Å²) in [7, 11) is 3.93. The van der Waals surface area contributed by atoms with Crippen LogP contribution in [-0.4, -0.2) is 49.1 Å². The largest absolute Gasteiger partial charge is 0.415 e. The molecule has 0 heterocycles. The molecule has 0 aliphatic heterocycles. The van der Waals surface area contributed by atoms with Crippen molar-refractivity contribution in [1.29, 1.82) is 0 Å². The van der Waals surface area contributed by atoms with E-state index >= 15 is 0 Å². The molecule has 0 atom stereocenters. The van der Waals surface area contributed by atoms with Gasteiger partial charge in [0, 0.05) is 19.2 Å². The summed E-state index contributed by atoms with van der Waals surface area (Å²) in [6, 6.07) is 3.07. The van der Waals surface area contributed by atoms with Crippen molar-refractivity contribution in [1.82, 2.24) is 9.80 Å². The van der Waals surface area contributed by atoms with Gasteiger partial charge in [-0.2, -0.15) is 0 Å². The highest BCUT2D eigenvalue weighted by Crippen LogP contribution is 2.31. The third kappa shape index (κ3) is 9.14. The standard InChI is InChI=1S/C25H40F2N2O2/c1-4-5-8-17-28(2)18-9-6-7-10-20-11-14-22(15-12-20)29(3)25(30)31-24-16-13-21(26)19-23(24)27/h13,16,19-20,22H,4-12,14-15,17-18H2,1-3H3. The molecule has 1 amide bonds. The van der Waals surface area contributed by atoms with Crippen LogP contribution in [0.15, 0.2) is 18.2 Å². The van der Waals surface area contributed by atoms with Crippen LogP contribution in [0, 0.1) is 17.6 Å². The molecule has 31 heavy (non-hydrogen) atoms. The lowest BCUT2D eigenvalue weighted by molar-refractivity contribution is 0.122. The third-order valence-electron chi connectivity index (χ3n) is 6.54. The molecule has 1 aliphatic rings. The van der Waals surface area contributed by atoms with Crippen molar-refractivity contribution >= 4 is 6.09 Å². The summed E-state index contributed by atoms with van der Waals surface area (Å²) >= 11 is 0. The highest BCUT2D eigenvalue weighted by molar-refractivity contribution is 5.70. The number of rotatable bonds is 12. The Morgan fingerprint density at radius 1 is 1.00 bits per heavy atom. The second-order valence-electron chi connectivity index (χ2n) is 9.09. The fourth-order valence-corrected chi connectivity index (χ4v) is 4.43. The molecule has 0 bridgehead atoms. The number of benzene rings is 1. The minimum atomic E-state index is -0.863. The molecule has 0 N–H and O–H groups in total.